The van der Waals surface area contributed by atoms with Gasteiger partial charge < -0.3 is 5.32 Å². The van der Waals surface area contributed by atoms with Crippen LogP contribution in [0.15, 0.2) is 17.2 Å². The van der Waals surface area contributed by atoms with Crippen molar-refractivity contribution < 1.29 is 0 Å². The van der Waals surface area contributed by atoms with Crippen LogP contribution in [0.1, 0.15) is 31.4 Å². The Bertz CT molecular complexity index is 395. The second kappa shape index (κ2) is 5.25. The highest BCUT2D eigenvalue weighted by atomic mass is 16.1. The Balaban J connectivity index is 1.69. The molecule has 2 rings (SSSR count). The third kappa shape index (κ3) is 3.45. The van der Waals surface area contributed by atoms with Crippen molar-refractivity contribution in [1.82, 2.24) is 14.9 Å². The van der Waals surface area contributed by atoms with Crippen LogP contribution in [0.2, 0.25) is 0 Å². The van der Waals surface area contributed by atoms with Gasteiger partial charge in [-0.05, 0) is 39.2 Å². The minimum Gasteiger partial charge on any atom is -0.314 e. The van der Waals surface area contributed by atoms with E-state index in [0.717, 1.165) is 37.7 Å². The van der Waals surface area contributed by atoms with Crippen molar-refractivity contribution in [3.63, 3.8) is 0 Å². The van der Waals surface area contributed by atoms with E-state index in [1.165, 1.54) is 12.8 Å². The molecule has 0 amide bonds. The van der Waals surface area contributed by atoms with E-state index in [1.54, 1.807) is 17.0 Å². The summed E-state index contributed by atoms with van der Waals surface area (Å²) >= 11 is 0. The molecular formula is C12H19N3O. The molecule has 1 N–H and O–H groups in total. The fourth-order valence-corrected chi connectivity index (χ4v) is 1.69. The predicted octanol–water partition coefficient (Wildman–Crippen LogP) is 1.08. The summed E-state index contributed by atoms with van der Waals surface area (Å²) in [5.41, 5.74) is 0.847. The van der Waals surface area contributed by atoms with Crippen molar-refractivity contribution >= 4 is 0 Å². The van der Waals surface area contributed by atoms with Crippen LogP contribution >= 0.6 is 0 Å². The van der Waals surface area contributed by atoms with E-state index < -0.39 is 0 Å². The number of nitrogens with one attached hydrogen (secondary N) is 1. The Morgan fingerprint density at radius 2 is 2.31 bits per heavy atom. The summed E-state index contributed by atoms with van der Waals surface area (Å²) in [7, 11) is 0. The van der Waals surface area contributed by atoms with Crippen LogP contribution < -0.4 is 10.9 Å². The summed E-state index contributed by atoms with van der Waals surface area (Å²) in [5.74, 6) is 0. The highest BCUT2D eigenvalue weighted by Crippen LogP contribution is 2.18. The molecule has 0 unspecified atom stereocenters. The molecule has 0 bridgehead atoms. The number of aromatic nitrogens is 2. The fourth-order valence-electron chi connectivity index (χ4n) is 1.69. The summed E-state index contributed by atoms with van der Waals surface area (Å²) in [6.45, 7) is 3.68. The summed E-state index contributed by atoms with van der Waals surface area (Å²) < 4.78 is 1.68. The molecule has 1 saturated carbocycles. The minimum atomic E-state index is 0.0580. The van der Waals surface area contributed by atoms with Gasteiger partial charge in [0.15, 0.2) is 0 Å². The fraction of sp³-hybridized carbons (Fsp3) is 0.667. The van der Waals surface area contributed by atoms with Crippen molar-refractivity contribution in [2.45, 2.75) is 45.2 Å². The van der Waals surface area contributed by atoms with Crippen molar-refractivity contribution in [1.29, 1.82) is 0 Å². The van der Waals surface area contributed by atoms with Gasteiger partial charge >= 0.3 is 0 Å². The molecule has 88 valence electrons. The summed E-state index contributed by atoms with van der Waals surface area (Å²) in [6.07, 6.45) is 6.47. The van der Waals surface area contributed by atoms with Crippen LogP contribution in [-0.2, 0) is 6.54 Å². The summed E-state index contributed by atoms with van der Waals surface area (Å²) in [4.78, 5) is 15.7. The summed E-state index contributed by atoms with van der Waals surface area (Å²) in [6, 6.07) is 2.37. The van der Waals surface area contributed by atoms with Crippen molar-refractivity contribution in [2.24, 2.45) is 0 Å². The second-order valence-electron chi connectivity index (χ2n) is 4.50. The Kier molecular flexibility index (Phi) is 3.72. The van der Waals surface area contributed by atoms with Crippen molar-refractivity contribution in [3.05, 3.63) is 28.4 Å². The summed E-state index contributed by atoms with van der Waals surface area (Å²) in [5, 5.41) is 3.46. The molecule has 1 aliphatic rings. The Hall–Kier alpha value is -1.16. The molecule has 4 nitrogen and oxygen atoms in total. The average Bonchev–Trinajstić information content (AvgIpc) is 3.04. The maximum absolute atomic E-state index is 11.5. The standard InChI is InChI=1S/C12H19N3O/c1-10-8-12(16)15(9-14-10)7-3-2-6-13-11-4-5-11/h8-9,11,13H,2-7H2,1H3. The molecule has 0 aliphatic heterocycles. The maximum Gasteiger partial charge on any atom is 0.253 e. The van der Waals surface area contributed by atoms with Gasteiger partial charge in [-0.2, -0.15) is 0 Å². The van der Waals surface area contributed by atoms with Gasteiger partial charge in [0.05, 0.1) is 6.33 Å². The molecule has 1 aliphatic carbocycles. The van der Waals surface area contributed by atoms with Crippen molar-refractivity contribution in [3.8, 4) is 0 Å². The van der Waals surface area contributed by atoms with E-state index in [4.69, 9.17) is 0 Å². The minimum absolute atomic E-state index is 0.0580. The molecule has 1 heterocycles. The average molecular weight is 221 g/mol. The first-order valence-corrected chi connectivity index (χ1v) is 6.02. The van der Waals surface area contributed by atoms with Crippen LogP contribution in [0.3, 0.4) is 0 Å². The number of hydrogen-bond acceptors (Lipinski definition) is 3. The zero-order valence-electron chi connectivity index (χ0n) is 9.78. The molecule has 0 atom stereocenters. The highest BCUT2D eigenvalue weighted by Gasteiger charge is 2.19. The van der Waals surface area contributed by atoms with E-state index >= 15 is 0 Å². The predicted molar refractivity (Wildman–Crippen MR) is 63.5 cm³/mol. The van der Waals surface area contributed by atoms with Gasteiger partial charge in [-0.3, -0.25) is 9.36 Å². The largest absolute Gasteiger partial charge is 0.314 e. The third-order valence-electron chi connectivity index (χ3n) is 2.85. The lowest BCUT2D eigenvalue weighted by atomic mass is 10.3. The molecule has 0 spiro atoms. The molecule has 16 heavy (non-hydrogen) atoms. The van der Waals surface area contributed by atoms with Crippen LogP contribution in [0.4, 0.5) is 0 Å². The quantitative estimate of drug-likeness (QED) is 0.731. The molecule has 4 heteroatoms. The zero-order chi connectivity index (χ0) is 11.4. The maximum atomic E-state index is 11.5. The monoisotopic (exact) mass is 221 g/mol. The van der Waals surface area contributed by atoms with Crippen LogP contribution in [0.25, 0.3) is 0 Å². The molecule has 1 aromatic heterocycles. The van der Waals surface area contributed by atoms with Crippen molar-refractivity contribution in [2.75, 3.05) is 6.54 Å². The number of aryl methyl sites for hydroxylation is 2. The molecule has 0 aromatic carbocycles. The number of hydrogen-bond donors (Lipinski definition) is 1. The van der Waals surface area contributed by atoms with Crippen LogP contribution in [-0.4, -0.2) is 22.1 Å². The van der Waals surface area contributed by atoms with Gasteiger partial charge in [0, 0.05) is 24.3 Å². The number of unbranched alkanes of at least 4 members (excludes halogenated alkanes) is 1. The van der Waals surface area contributed by atoms with E-state index in [1.807, 2.05) is 6.92 Å². The third-order valence-corrected chi connectivity index (χ3v) is 2.85. The lowest BCUT2D eigenvalue weighted by Crippen LogP contribution is -2.21. The molecule has 1 fully saturated rings. The smallest absolute Gasteiger partial charge is 0.253 e. The topological polar surface area (TPSA) is 46.9 Å². The van der Waals surface area contributed by atoms with Crippen LogP contribution in [0.5, 0.6) is 0 Å². The number of rotatable bonds is 6. The Morgan fingerprint density at radius 1 is 1.50 bits per heavy atom. The van der Waals surface area contributed by atoms with Gasteiger partial charge in [-0.25, -0.2) is 4.98 Å². The molecule has 0 saturated heterocycles. The normalized spacial score (nSPS) is 15.3. The van der Waals surface area contributed by atoms with E-state index in [-0.39, 0.29) is 5.56 Å². The van der Waals surface area contributed by atoms with Gasteiger partial charge in [-0.1, -0.05) is 0 Å². The van der Waals surface area contributed by atoms with Gasteiger partial charge in [0.1, 0.15) is 0 Å². The lowest BCUT2D eigenvalue weighted by Gasteiger charge is -2.05. The van der Waals surface area contributed by atoms with E-state index in [9.17, 15) is 4.79 Å². The Labute approximate surface area is 95.7 Å². The van der Waals surface area contributed by atoms with E-state index in [0.29, 0.717) is 0 Å². The van der Waals surface area contributed by atoms with Gasteiger partial charge in [-0.15, -0.1) is 0 Å². The number of nitrogens with zero attached hydrogens (tertiary/aromatic N) is 2. The molecule has 0 radical (unpaired) electrons. The molecular weight excluding hydrogens is 202 g/mol. The second-order valence-corrected chi connectivity index (χ2v) is 4.50. The first-order valence-electron chi connectivity index (χ1n) is 6.02. The van der Waals surface area contributed by atoms with Crippen LogP contribution in [0, 0.1) is 6.92 Å². The van der Waals surface area contributed by atoms with Gasteiger partial charge in [0.2, 0.25) is 0 Å². The SMILES string of the molecule is Cc1cc(=O)n(CCCCNC2CC2)cn1. The highest BCUT2D eigenvalue weighted by molar-refractivity contribution is 4.95. The Morgan fingerprint density at radius 3 is 3.00 bits per heavy atom. The lowest BCUT2D eigenvalue weighted by molar-refractivity contribution is 0.552. The van der Waals surface area contributed by atoms with Gasteiger partial charge in [0.25, 0.3) is 5.56 Å². The molecule has 1 aromatic rings. The first-order chi connectivity index (χ1) is 7.75. The first kappa shape index (κ1) is 11.3. The zero-order valence-corrected chi connectivity index (χ0v) is 9.78. The van der Waals surface area contributed by atoms with E-state index in [2.05, 4.69) is 10.3 Å².